The van der Waals surface area contributed by atoms with Gasteiger partial charge >= 0.3 is 0 Å². The molecule has 1 aromatic heterocycles. The number of fused-ring (bicyclic) bond motifs is 1. The van der Waals surface area contributed by atoms with Crippen LogP contribution in [-0.2, 0) is 21.4 Å². The second kappa shape index (κ2) is 10.3. The van der Waals surface area contributed by atoms with Gasteiger partial charge in [0, 0.05) is 48.0 Å². The number of hydrogen-bond acceptors (Lipinski definition) is 4. The first-order chi connectivity index (χ1) is 16.9. The SMILES string of the molecule is CN(c1ccccc1)S(=O)(=O)c1cccc(NC(=O)/C=C/c2cn(CCC#N)c3ccccc23)c1. The van der Waals surface area contributed by atoms with E-state index >= 15 is 0 Å². The number of aryl methyl sites for hydroxylation is 1. The summed E-state index contributed by atoms with van der Waals surface area (Å²) >= 11 is 0. The van der Waals surface area contributed by atoms with Crippen molar-refractivity contribution in [1.29, 1.82) is 5.26 Å². The summed E-state index contributed by atoms with van der Waals surface area (Å²) in [4.78, 5) is 12.7. The van der Waals surface area contributed by atoms with Crippen molar-refractivity contribution in [1.82, 2.24) is 4.57 Å². The van der Waals surface area contributed by atoms with Crippen molar-refractivity contribution in [3.8, 4) is 6.07 Å². The van der Waals surface area contributed by atoms with Gasteiger partial charge in [-0.15, -0.1) is 0 Å². The van der Waals surface area contributed by atoms with Crippen LogP contribution in [0.1, 0.15) is 12.0 Å². The maximum atomic E-state index is 13.1. The van der Waals surface area contributed by atoms with E-state index in [-0.39, 0.29) is 10.8 Å². The summed E-state index contributed by atoms with van der Waals surface area (Å²) in [6, 6.07) is 24.9. The number of carbonyl (C=O) groups is 1. The highest BCUT2D eigenvalue weighted by Gasteiger charge is 2.21. The first kappa shape index (κ1) is 23.8. The Hall–Kier alpha value is -4.35. The van der Waals surface area contributed by atoms with Crippen molar-refractivity contribution in [3.05, 3.63) is 96.7 Å². The monoisotopic (exact) mass is 484 g/mol. The molecule has 35 heavy (non-hydrogen) atoms. The molecule has 0 radical (unpaired) electrons. The van der Waals surface area contributed by atoms with Gasteiger partial charge in [-0.05, 0) is 42.5 Å². The molecule has 0 bridgehead atoms. The Morgan fingerprint density at radius 2 is 1.80 bits per heavy atom. The first-order valence-electron chi connectivity index (χ1n) is 11.0. The fourth-order valence-corrected chi connectivity index (χ4v) is 5.02. The van der Waals surface area contributed by atoms with E-state index in [1.807, 2.05) is 41.1 Å². The number of amides is 1. The summed E-state index contributed by atoms with van der Waals surface area (Å²) in [5, 5.41) is 12.6. The van der Waals surface area contributed by atoms with Crippen LogP contribution in [0.15, 0.2) is 96.0 Å². The minimum absolute atomic E-state index is 0.0752. The summed E-state index contributed by atoms with van der Waals surface area (Å²) in [7, 11) is -2.30. The smallest absolute Gasteiger partial charge is 0.264 e. The van der Waals surface area contributed by atoms with Gasteiger partial charge in [-0.25, -0.2) is 8.42 Å². The number of nitriles is 1. The third-order valence-electron chi connectivity index (χ3n) is 5.58. The topological polar surface area (TPSA) is 95.2 Å². The molecule has 176 valence electrons. The van der Waals surface area contributed by atoms with Crippen molar-refractivity contribution in [3.63, 3.8) is 0 Å². The van der Waals surface area contributed by atoms with Crippen LogP contribution in [0.5, 0.6) is 0 Å². The number of hydrogen-bond donors (Lipinski definition) is 1. The molecule has 0 saturated carbocycles. The number of sulfonamides is 1. The van der Waals surface area contributed by atoms with E-state index in [0.29, 0.717) is 24.3 Å². The van der Waals surface area contributed by atoms with E-state index in [4.69, 9.17) is 5.26 Å². The summed E-state index contributed by atoms with van der Waals surface area (Å²) in [5.74, 6) is -0.384. The summed E-state index contributed by atoms with van der Waals surface area (Å²) in [6.45, 7) is 0.565. The van der Waals surface area contributed by atoms with Gasteiger partial charge in [0.05, 0.1) is 23.1 Å². The Morgan fingerprint density at radius 1 is 1.06 bits per heavy atom. The number of nitrogens with zero attached hydrogens (tertiary/aromatic N) is 3. The van der Waals surface area contributed by atoms with Gasteiger partial charge in [-0.1, -0.05) is 42.5 Å². The number of carbonyl (C=O) groups excluding carboxylic acids is 1. The number of anilines is 2. The molecule has 0 aliphatic rings. The van der Waals surface area contributed by atoms with Gasteiger partial charge in [0.2, 0.25) is 5.91 Å². The Kier molecular flexibility index (Phi) is 6.99. The van der Waals surface area contributed by atoms with Gasteiger partial charge in [0.1, 0.15) is 0 Å². The zero-order valence-electron chi connectivity index (χ0n) is 19.1. The highest BCUT2D eigenvalue weighted by Crippen LogP contribution is 2.25. The molecule has 8 heteroatoms. The molecule has 1 heterocycles. The Bertz CT molecular complexity index is 1530. The molecule has 1 amide bonds. The van der Waals surface area contributed by atoms with Crippen LogP contribution in [-0.4, -0.2) is 25.9 Å². The lowest BCUT2D eigenvalue weighted by Crippen LogP contribution is -2.26. The molecule has 7 nitrogen and oxygen atoms in total. The van der Waals surface area contributed by atoms with Gasteiger partial charge < -0.3 is 9.88 Å². The number of aromatic nitrogens is 1. The van der Waals surface area contributed by atoms with Crippen molar-refractivity contribution in [2.45, 2.75) is 17.9 Å². The Balaban J connectivity index is 1.52. The maximum absolute atomic E-state index is 13.1. The fourth-order valence-electron chi connectivity index (χ4n) is 3.78. The molecule has 0 atom stereocenters. The molecule has 0 aliphatic carbocycles. The first-order valence-corrected chi connectivity index (χ1v) is 12.4. The van der Waals surface area contributed by atoms with Crippen LogP contribution < -0.4 is 9.62 Å². The highest BCUT2D eigenvalue weighted by molar-refractivity contribution is 7.92. The molecule has 4 aromatic rings. The lowest BCUT2D eigenvalue weighted by atomic mass is 10.1. The van der Waals surface area contributed by atoms with Crippen LogP contribution in [0.25, 0.3) is 17.0 Å². The zero-order chi connectivity index (χ0) is 24.8. The standard InChI is InChI=1S/C27H24N4O3S/c1-30(23-10-3-2-4-11-23)35(33,34)24-12-7-9-22(19-24)29-27(32)16-15-21-20-31(18-8-17-28)26-14-6-5-13-25(21)26/h2-7,9-16,19-20H,8,18H2,1H3,(H,29,32)/b16-15+. The van der Waals surface area contributed by atoms with Crippen LogP contribution in [0.4, 0.5) is 11.4 Å². The van der Waals surface area contributed by atoms with E-state index in [2.05, 4.69) is 11.4 Å². The summed E-state index contributed by atoms with van der Waals surface area (Å²) in [5.41, 5.74) is 2.76. The zero-order valence-corrected chi connectivity index (χ0v) is 19.9. The van der Waals surface area contributed by atoms with Crippen LogP contribution in [0.3, 0.4) is 0 Å². The number of rotatable bonds is 8. The predicted octanol–water partition coefficient (Wildman–Crippen LogP) is 5.03. The van der Waals surface area contributed by atoms with E-state index in [1.165, 1.54) is 29.6 Å². The number of benzene rings is 3. The van der Waals surface area contributed by atoms with E-state index in [9.17, 15) is 13.2 Å². The van der Waals surface area contributed by atoms with E-state index in [1.54, 1.807) is 42.5 Å². The van der Waals surface area contributed by atoms with Gasteiger partial charge in [-0.3, -0.25) is 9.10 Å². The average Bonchev–Trinajstić information content (AvgIpc) is 3.24. The molecule has 0 fully saturated rings. The third kappa shape index (κ3) is 5.26. The lowest BCUT2D eigenvalue weighted by Gasteiger charge is -2.19. The number of nitrogens with one attached hydrogen (secondary N) is 1. The molecule has 0 spiro atoms. The van der Waals surface area contributed by atoms with Gasteiger partial charge in [-0.2, -0.15) is 5.26 Å². The minimum atomic E-state index is -3.80. The Labute approximate surface area is 204 Å². The van der Waals surface area contributed by atoms with Crippen LogP contribution in [0.2, 0.25) is 0 Å². The van der Waals surface area contributed by atoms with Gasteiger partial charge in [0.15, 0.2) is 0 Å². The molecule has 0 unspecified atom stereocenters. The molecule has 3 aromatic carbocycles. The second-order valence-electron chi connectivity index (χ2n) is 7.86. The summed E-state index contributed by atoms with van der Waals surface area (Å²) in [6.07, 6.45) is 5.43. The molecule has 1 N–H and O–H groups in total. The van der Waals surface area contributed by atoms with Gasteiger partial charge in [0.25, 0.3) is 10.0 Å². The average molecular weight is 485 g/mol. The third-order valence-corrected chi connectivity index (χ3v) is 7.36. The predicted molar refractivity (Wildman–Crippen MR) is 138 cm³/mol. The normalized spacial score (nSPS) is 11.4. The second-order valence-corrected chi connectivity index (χ2v) is 9.83. The van der Waals surface area contributed by atoms with E-state index < -0.39 is 10.0 Å². The number of para-hydroxylation sites is 2. The lowest BCUT2D eigenvalue weighted by molar-refractivity contribution is -0.111. The summed E-state index contributed by atoms with van der Waals surface area (Å²) < 4.78 is 29.3. The van der Waals surface area contributed by atoms with E-state index in [0.717, 1.165) is 16.5 Å². The van der Waals surface area contributed by atoms with Crippen molar-refractivity contribution in [2.75, 3.05) is 16.7 Å². The molecule has 0 saturated heterocycles. The maximum Gasteiger partial charge on any atom is 0.264 e. The fraction of sp³-hybridized carbons (Fsp3) is 0.111. The molecule has 4 rings (SSSR count). The minimum Gasteiger partial charge on any atom is -0.346 e. The highest BCUT2D eigenvalue weighted by atomic mass is 32.2. The largest absolute Gasteiger partial charge is 0.346 e. The molecular formula is C27H24N4O3S. The van der Waals surface area contributed by atoms with Crippen molar-refractivity contribution in [2.24, 2.45) is 0 Å². The quantitative estimate of drug-likeness (QED) is 0.355. The van der Waals surface area contributed by atoms with Crippen molar-refractivity contribution >= 4 is 44.3 Å². The van der Waals surface area contributed by atoms with Crippen LogP contribution >= 0.6 is 0 Å². The van der Waals surface area contributed by atoms with Crippen molar-refractivity contribution < 1.29 is 13.2 Å². The Morgan fingerprint density at radius 3 is 2.57 bits per heavy atom. The van der Waals surface area contributed by atoms with Crippen LogP contribution in [0, 0.1) is 11.3 Å². The molecular weight excluding hydrogens is 460 g/mol. The molecule has 0 aliphatic heterocycles.